The molecule has 0 heterocycles. The molecule has 1 N–H and O–H groups in total. The zero-order valence-electron chi connectivity index (χ0n) is 10.4. The molecule has 0 aromatic heterocycles. The molecule has 0 aliphatic rings. The first-order chi connectivity index (χ1) is 7.72. The number of unbranched alkanes of at least 4 members (excludes halogenated alkanes) is 3. The van der Waals surface area contributed by atoms with Crippen LogP contribution in [0.25, 0.3) is 0 Å². The van der Waals surface area contributed by atoms with Gasteiger partial charge < -0.3 is 14.6 Å². The summed E-state index contributed by atoms with van der Waals surface area (Å²) in [6, 6.07) is 0. The summed E-state index contributed by atoms with van der Waals surface area (Å²) in [5.41, 5.74) is 0. The molecule has 16 heavy (non-hydrogen) atoms. The lowest BCUT2D eigenvalue weighted by Gasteiger charge is -2.13. The third kappa shape index (κ3) is 8.68. The van der Waals surface area contributed by atoms with Gasteiger partial charge in [0.2, 0.25) is 0 Å². The van der Waals surface area contributed by atoms with Gasteiger partial charge in [-0.05, 0) is 13.3 Å². The molecule has 0 aliphatic heterocycles. The zero-order chi connectivity index (χ0) is 12.2. The van der Waals surface area contributed by atoms with E-state index in [1.165, 1.54) is 0 Å². The van der Waals surface area contributed by atoms with Gasteiger partial charge in [0.1, 0.15) is 0 Å². The average molecular weight is 232 g/mol. The Morgan fingerprint density at radius 1 is 1.19 bits per heavy atom. The summed E-state index contributed by atoms with van der Waals surface area (Å²) in [6.45, 7) is 5.50. The molecular weight excluding hydrogens is 208 g/mol. The number of hydrogen-bond acceptors (Lipinski definition) is 3. The van der Waals surface area contributed by atoms with Crippen molar-refractivity contribution in [3.05, 3.63) is 0 Å². The average Bonchev–Trinajstić information content (AvgIpc) is 2.26. The number of carboxylic acids is 1. The second-order valence-electron chi connectivity index (χ2n) is 3.74. The van der Waals surface area contributed by atoms with Crippen LogP contribution in [0.2, 0.25) is 0 Å². The van der Waals surface area contributed by atoms with E-state index in [9.17, 15) is 4.79 Å². The normalized spacial score (nSPS) is 12.6. The fourth-order valence-electron chi connectivity index (χ4n) is 1.43. The molecular formula is C12H24O4. The van der Waals surface area contributed by atoms with Crippen molar-refractivity contribution < 1.29 is 19.4 Å². The van der Waals surface area contributed by atoms with E-state index in [2.05, 4.69) is 6.92 Å². The molecule has 0 radical (unpaired) electrons. The Bertz CT molecular complexity index is 158. The van der Waals surface area contributed by atoms with E-state index >= 15 is 0 Å². The van der Waals surface area contributed by atoms with E-state index in [0.717, 1.165) is 25.7 Å². The second-order valence-corrected chi connectivity index (χ2v) is 3.74. The molecule has 0 saturated carbocycles. The topological polar surface area (TPSA) is 55.8 Å². The van der Waals surface area contributed by atoms with Crippen LogP contribution >= 0.6 is 0 Å². The predicted molar refractivity (Wildman–Crippen MR) is 62.6 cm³/mol. The number of carbonyl (C=O) groups is 1. The Morgan fingerprint density at radius 3 is 2.50 bits per heavy atom. The van der Waals surface area contributed by atoms with Crippen LogP contribution in [0.4, 0.5) is 0 Å². The maximum absolute atomic E-state index is 10.9. The maximum atomic E-state index is 10.9. The number of ether oxygens (including phenoxy) is 2. The summed E-state index contributed by atoms with van der Waals surface area (Å²) < 4.78 is 10.4. The van der Waals surface area contributed by atoms with Gasteiger partial charge in [0.15, 0.2) is 6.10 Å². The Balaban J connectivity index is 3.59. The van der Waals surface area contributed by atoms with Gasteiger partial charge in [0, 0.05) is 6.61 Å². The lowest BCUT2D eigenvalue weighted by atomic mass is 10.1. The number of hydrogen-bond donors (Lipinski definition) is 1. The van der Waals surface area contributed by atoms with Gasteiger partial charge >= 0.3 is 5.97 Å². The summed E-state index contributed by atoms with van der Waals surface area (Å²) in [5.74, 6) is -0.868. The van der Waals surface area contributed by atoms with E-state index in [1.807, 2.05) is 6.92 Å². The summed E-state index contributed by atoms with van der Waals surface area (Å²) in [6.07, 6.45) is 4.24. The summed E-state index contributed by atoms with van der Waals surface area (Å²) in [4.78, 5) is 10.9. The van der Waals surface area contributed by atoms with Gasteiger partial charge in [-0.15, -0.1) is 0 Å². The molecule has 0 amide bonds. The molecule has 0 aromatic carbocycles. The van der Waals surface area contributed by atoms with E-state index in [1.54, 1.807) is 0 Å². The smallest absolute Gasteiger partial charge is 0.332 e. The molecule has 96 valence electrons. The Morgan fingerprint density at radius 2 is 1.94 bits per heavy atom. The standard InChI is InChI=1S/C12H24O4/c1-3-5-6-7-8-11(12(13)14)16-10-9-15-4-2/h11H,3-10H2,1-2H3,(H,13,14). The van der Waals surface area contributed by atoms with Gasteiger partial charge in [-0.3, -0.25) is 0 Å². The molecule has 0 aliphatic carbocycles. The van der Waals surface area contributed by atoms with Crippen LogP contribution in [0.15, 0.2) is 0 Å². The minimum Gasteiger partial charge on any atom is -0.479 e. The lowest BCUT2D eigenvalue weighted by molar-refractivity contribution is -0.151. The molecule has 4 heteroatoms. The van der Waals surface area contributed by atoms with Gasteiger partial charge in [-0.25, -0.2) is 4.79 Å². The first kappa shape index (κ1) is 15.4. The molecule has 0 bridgehead atoms. The third-order valence-corrected chi connectivity index (χ3v) is 2.35. The second kappa shape index (κ2) is 10.9. The molecule has 0 spiro atoms. The van der Waals surface area contributed by atoms with Crippen molar-refractivity contribution in [2.45, 2.75) is 52.1 Å². The first-order valence-electron chi connectivity index (χ1n) is 6.14. The third-order valence-electron chi connectivity index (χ3n) is 2.35. The van der Waals surface area contributed by atoms with Crippen LogP contribution in [0.1, 0.15) is 46.0 Å². The van der Waals surface area contributed by atoms with Gasteiger partial charge in [0.25, 0.3) is 0 Å². The van der Waals surface area contributed by atoms with Crippen molar-refractivity contribution in [1.82, 2.24) is 0 Å². The fourth-order valence-corrected chi connectivity index (χ4v) is 1.43. The quantitative estimate of drug-likeness (QED) is 0.556. The number of carboxylic acid groups (broad SMARTS) is 1. The largest absolute Gasteiger partial charge is 0.479 e. The highest BCUT2D eigenvalue weighted by Gasteiger charge is 2.16. The molecule has 1 unspecified atom stereocenters. The van der Waals surface area contributed by atoms with Crippen molar-refractivity contribution in [2.75, 3.05) is 19.8 Å². The molecule has 4 nitrogen and oxygen atoms in total. The molecule has 0 aromatic rings. The molecule has 0 fully saturated rings. The highest BCUT2D eigenvalue weighted by molar-refractivity contribution is 5.72. The van der Waals surface area contributed by atoms with Crippen molar-refractivity contribution in [2.24, 2.45) is 0 Å². The lowest BCUT2D eigenvalue weighted by Crippen LogP contribution is -2.25. The van der Waals surface area contributed by atoms with E-state index < -0.39 is 12.1 Å². The summed E-state index contributed by atoms with van der Waals surface area (Å²) in [7, 11) is 0. The van der Waals surface area contributed by atoms with Crippen LogP contribution in [0.5, 0.6) is 0 Å². The van der Waals surface area contributed by atoms with Crippen LogP contribution < -0.4 is 0 Å². The summed E-state index contributed by atoms with van der Waals surface area (Å²) in [5, 5.41) is 8.92. The van der Waals surface area contributed by atoms with Crippen molar-refractivity contribution in [3.8, 4) is 0 Å². The predicted octanol–water partition coefficient (Wildman–Crippen LogP) is 2.46. The van der Waals surface area contributed by atoms with Gasteiger partial charge in [0.05, 0.1) is 13.2 Å². The van der Waals surface area contributed by atoms with Crippen molar-refractivity contribution in [3.63, 3.8) is 0 Å². The minimum absolute atomic E-state index is 0.360. The highest BCUT2D eigenvalue weighted by atomic mass is 16.5. The summed E-state index contributed by atoms with van der Waals surface area (Å²) >= 11 is 0. The van der Waals surface area contributed by atoms with Crippen LogP contribution in [0.3, 0.4) is 0 Å². The van der Waals surface area contributed by atoms with Gasteiger partial charge in [-0.2, -0.15) is 0 Å². The van der Waals surface area contributed by atoms with E-state index in [4.69, 9.17) is 14.6 Å². The van der Waals surface area contributed by atoms with Gasteiger partial charge in [-0.1, -0.05) is 32.6 Å². The van der Waals surface area contributed by atoms with E-state index in [-0.39, 0.29) is 0 Å². The highest BCUT2D eigenvalue weighted by Crippen LogP contribution is 2.08. The molecule has 1 atom stereocenters. The Hall–Kier alpha value is -0.610. The number of rotatable bonds is 11. The van der Waals surface area contributed by atoms with Crippen LogP contribution in [0, 0.1) is 0 Å². The SMILES string of the molecule is CCCCCCC(OCCOCC)C(=O)O. The van der Waals surface area contributed by atoms with Crippen LogP contribution in [-0.4, -0.2) is 37.0 Å². The Kier molecular flexibility index (Phi) is 10.5. The zero-order valence-corrected chi connectivity index (χ0v) is 10.4. The fraction of sp³-hybridized carbons (Fsp3) is 0.917. The maximum Gasteiger partial charge on any atom is 0.332 e. The molecule has 0 rings (SSSR count). The van der Waals surface area contributed by atoms with E-state index in [0.29, 0.717) is 26.2 Å². The Labute approximate surface area is 97.9 Å². The monoisotopic (exact) mass is 232 g/mol. The van der Waals surface area contributed by atoms with Crippen molar-refractivity contribution >= 4 is 5.97 Å². The minimum atomic E-state index is -0.868. The van der Waals surface area contributed by atoms with Crippen LogP contribution in [-0.2, 0) is 14.3 Å². The van der Waals surface area contributed by atoms with Crippen molar-refractivity contribution in [1.29, 1.82) is 0 Å². The first-order valence-corrected chi connectivity index (χ1v) is 6.14. The molecule has 0 saturated heterocycles. The number of aliphatic carboxylic acids is 1.